The van der Waals surface area contributed by atoms with Gasteiger partial charge in [0, 0.05) is 11.5 Å². The molecule has 1 aromatic carbocycles. The molecule has 25 heavy (non-hydrogen) atoms. The van der Waals surface area contributed by atoms with Crippen molar-refractivity contribution in [2.75, 3.05) is 6.54 Å². The molecule has 0 aliphatic carbocycles. The average molecular weight is 348 g/mol. The lowest BCUT2D eigenvalue weighted by molar-refractivity contribution is -0.135. The number of amides is 1. The lowest BCUT2D eigenvalue weighted by atomic mass is 10.1. The van der Waals surface area contributed by atoms with Crippen molar-refractivity contribution in [3.05, 3.63) is 34.1 Å². The zero-order valence-electron chi connectivity index (χ0n) is 14.0. The highest BCUT2D eigenvalue weighted by molar-refractivity contribution is 6.03. The largest absolute Gasteiger partial charge is 0.506 e. The fourth-order valence-corrected chi connectivity index (χ4v) is 2.44. The molecule has 2 rings (SSSR count). The molecule has 8 heteroatoms. The fraction of sp³-hybridized carbons (Fsp3) is 0.353. The van der Waals surface area contributed by atoms with Crippen LogP contribution in [0.15, 0.2) is 23.0 Å². The van der Waals surface area contributed by atoms with Crippen molar-refractivity contribution in [3.63, 3.8) is 0 Å². The van der Waals surface area contributed by atoms with Gasteiger partial charge in [-0.15, -0.1) is 0 Å². The lowest BCUT2D eigenvalue weighted by Crippen LogP contribution is -2.33. The number of aromatic amines is 1. The summed E-state index contributed by atoms with van der Waals surface area (Å²) in [6.45, 7) is 3.35. The van der Waals surface area contributed by atoms with Gasteiger partial charge in [0.25, 0.3) is 11.5 Å². The van der Waals surface area contributed by atoms with Crippen LogP contribution in [0.1, 0.15) is 37.0 Å². The van der Waals surface area contributed by atoms with Crippen molar-refractivity contribution in [2.45, 2.75) is 32.8 Å². The molecule has 0 radical (unpaired) electrons. The third-order valence-electron chi connectivity index (χ3n) is 3.80. The van der Waals surface area contributed by atoms with Crippen molar-refractivity contribution in [1.29, 1.82) is 0 Å². The first kappa shape index (κ1) is 18.3. The fourth-order valence-electron chi connectivity index (χ4n) is 2.44. The van der Waals surface area contributed by atoms with Crippen LogP contribution in [0, 0.1) is 0 Å². The Morgan fingerprint density at radius 2 is 1.96 bits per heavy atom. The van der Waals surface area contributed by atoms with Crippen molar-refractivity contribution in [2.24, 2.45) is 0 Å². The van der Waals surface area contributed by atoms with Crippen LogP contribution in [-0.4, -0.2) is 39.7 Å². The molecule has 1 aromatic heterocycles. The summed E-state index contributed by atoms with van der Waals surface area (Å²) >= 11 is 0. The van der Waals surface area contributed by atoms with Gasteiger partial charge in [-0.25, -0.2) is 0 Å². The number of pyridine rings is 1. The molecule has 1 amide bonds. The summed E-state index contributed by atoms with van der Waals surface area (Å²) < 4.78 is 5.80. The molecule has 2 aromatic rings. The number of aromatic nitrogens is 1. The molecule has 0 atom stereocenters. The molecule has 0 unspecified atom stereocenters. The summed E-state index contributed by atoms with van der Waals surface area (Å²) in [7, 11) is 0. The van der Waals surface area contributed by atoms with E-state index in [1.807, 2.05) is 13.8 Å². The Morgan fingerprint density at radius 1 is 1.28 bits per heavy atom. The van der Waals surface area contributed by atoms with Gasteiger partial charge < -0.3 is 25.3 Å². The monoisotopic (exact) mass is 348 g/mol. The van der Waals surface area contributed by atoms with E-state index in [0.29, 0.717) is 11.3 Å². The van der Waals surface area contributed by atoms with E-state index in [2.05, 4.69) is 10.3 Å². The highest BCUT2D eigenvalue weighted by Crippen LogP contribution is 2.28. The number of ether oxygens (including phenoxy) is 1. The van der Waals surface area contributed by atoms with Gasteiger partial charge in [-0.05, 0) is 25.0 Å². The van der Waals surface area contributed by atoms with Crippen LogP contribution in [-0.2, 0) is 4.79 Å². The number of H-pyrrole nitrogens is 1. The minimum Gasteiger partial charge on any atom is -0.506 e. The Labute approximate surface area is 143 Å². The van der Waals surface area contributed by atoms with Crippen LogP contribution in [0.4, 0.5) is 0 Å². The Bertz CT molecular complexity index is 854. The quantitative estimate of drug-likeness (QED) is 0.602. The second-order valence-corrected chi connectivity index (χ2v) is 5.52. The molecule has 0 spiro atoms. The second kappa shape index (κ2) is 7.69. The van der Waals surface area contributed by atoms with Crippen LogP contribution in [0.2, 0.25) is 0 Å². The average Bonchev–Trinajstić information content (AvgIpc) is 2.57. The summed E-state index contributed by atoms with van der Waals surface area (Å²) in [4.78, 5) is 37.1. The van der Waals surface area contributed by atoms with Crippen LogP contribution in [0.5, 0.6) is 11.5 Å². The first-order valence-corrected chi connectivity index (χ1v) is 7.93. The number of carbonyl (C=O) groups excluding carboxylic acids is 1. The molecule has 0 saturated heterocycles. The molecular formula is C17H20N2O6. The maximum absolute atomic E-state index is 12.1. The number of carbonyl (C=O) groups is 2. The van der Waals surface area contributed by atoms with E-state index in [1.165, 1.54) is 6.07 Å². The third-order valence-corrected chi connectivity index (χ3v) is 3.80. The highest BCUT2D eigenvalue weighted by atomic mass is 16.5. The number of carboxylic acids is 1. The molecule has 4 N–H and O–H groups in total. The van der Waals surface area contributed by atoms with E-state index in [-0.39, 0.29) is 11.5 Å². The third kappa shape index (κ3) is 4.09. The topological polar surface area (TPSA) is 129 Å². The van der Waals surface area contributed by atoms with Gasteiger partial charge in [0.05, 0.1) is 11.6 Å². The van der Waals surface area contributed by atoms with Gasteiger partial charge in [0.15, 0.2) is 0 Å². The Kier molecular flexibility index (Phi) is 5.63. The molecule has 134 valence electrons. The first-order chi connectivity index (χ1) is 11.9. The maximum atomic E-state index is 12.1. The van der Waals surface area contributed by atoms with Crippen LogP contribution in [0.25, 0.3) is 10.9 Å². The zero-order chi connectivity index (χ0) is 18.6. The number of fused-ring (bicyclic) bond motifs is 1. The van der Waals surface area contributed by atoms with E-state index in [1.54, 1.807) is 12.1 Å². The van der Waals surface area contributed by atoms with E-state index >= 15 is 0 Å². The lowest BCUT2D eigenvalue weighted by Gasteiger charge is -2.16. The van der Waals surface area contributed by atoms with Crippen molar-refractivity contribution in [1.82, 2.24) is 10.3 Å². The van der Waals surface area contributed by atoms with Gasteiger partial charge in [0.2, 0.25) is 0 Å². The summed E-state index contributed by atoms with van der Waals surface area (Å²) in [5.41, 5.74) is -1.02. The summed E-state index contributed by atoms with van der Waals surface area (Å²) in [5.74, 6) is -2.18. The van der Waals surface area contributed by atoms with E-state index in [4.69, 9.17) is 9.84 Å². The van der Waals surface area contributed by atoms with Gasteiger partial charge >= 0.3 is 5.97 Å². The highest BCUT2D eigenvalue weighted by Gasteiger charge is 2.20. The number of aromatic hydroxyl groups is 1. The number of benzene rings is 1. The number of hydrogen-bond donors (Lipinski definition) is 4. The van der Waals surface area contributed by atoms with Gasteiger partial charge in [-0.1, -0.05) is 13.8 Å². The smallest absolute Gasteiger partial charge is 0.322 e. The van der Waals surface area contributed by atoms with Gasteiger partial charge in [-0.2, -0.15) is 0 Å². The van der Waals surface area contributed by atoms with E-state index in [0.717, 1.165) is 12.8 Å². The minimum absolute atomic E-state index is 0.0406. The number of nitrogens with one attached hydrogen (secondary N) is 2. The predicted octanol–water partition coefficient (Wildman–Crippen LogP) is 1.62. The Morgan fingerprint density at radius 3 is 2.56 bits per heavy atom. The zero-order valence-corrected chi connectivity index (χ0v) is 14.0. The standard InChI is InChI=1S/C17H20N2O6/c1-3-9(4-2)25-10-5-6-11-12(7-10)19-17(24)14(15(11)22)16(23)18-8-13(20)21/h5-7,9H,3-4,8H2,1-2H3,(H,18,23)(H,20,21)(H2,19,22,24). The minimum atomic E-state index is -1.26. The summed E-state index contributed by atoms with van der Waals surface area (Å²) in [5, 5.41) is 21.2. The van der Waals surface area contributed by atoms with Crippen LogP contribution in [0.3, 0.4) is 0 Å². The van der Waals surface area contributed by atoms with Crippen molar-refractivity contribution in [3.8, 4) is 11.5 Å². The molecular weight excluding hydrogens is 328 g/mol. The molecule has 8 nitrogen and oxygen atoms in total. The number of hydrogen-bond acceptors (Lipinski definition) is 5. The molecule has 0 saturated carbocycles. The van der Waals surface area contributed by atoms with Crippen LogP contribution < -0.4 is 15.6 Å². The van der Waals surface area contributed by atoms with Gasteiger partial charge in [0.1, 0.15) is 23.6 Å². The SMILES string of the molecule is CCC(CC)Oc1ccc2c(O)c(C(=O)NCC(=O)O)c(=O)[nH]c2c1. The molecule has 1 heterocycles. The number of carboxylic acid groups (broad SMARTS) is 1. The summed E-state index contributed by atoms with van der Waals surface area (Å²) in [6, 6.07) is 4.75. The maximum Gasteiger partial charge on any atom is 0.322 e. The normalized spacial score (nSPS) is 10.8. The molecule has 0 bridgehead atoms. The van der Waals surface area contributed by atoms with E-state index < -0.39 is 35.3 Å². The second-order valence-electron chi connectivity index (χ2n) is 5.52. The van der Waals surface area contributed by atoms with Crippen LogP contribution >= 0.6 is 0 Å². The molecule has 0 fully saturated rings. The van der Waals surface area contributed by atoms with E-state index in [9.17, 15) is 19.5 Å². The molecule has 0 aliphatic rings. The predicted molar refractivity (Wildman–Crippen MR) is 91.2 cm³/mol. The van der Waals surface area contributed by atoms with Crippen molar-refractivity contribution < 1.29 is 24.5 Å². The number of rotatable bonds is 7. The Balaban J connectivity index is 2.41. The molecule has 0 aliphatic heterocycles. The first-order valence-electron chi connectivity index (χ1n) is 7.93. The Hall–Kier alpha value is -3.03. The van der Waals surface area contributed by atoms with Gasteiger partial charge in [-0.3, -0.25) is 14.4 Å². The van der Waals surface area contributed by atoms with Crippen molar-refractivity contribution >= 4 is 22.8 Å². The number of aliphatic carboxylic acids is 1. The summed E-state index contributed by atoms with van der Waals surface area (Å²) in [6.07, 6.45) is 1.71.